The number of rotatable bonds is 3. The minimum absolute atomic E-state index is 0.0723. The zero-order chi connectivity index (χ0) is 13.3. The van der Waals surface area contributed by atoms with Crippen molar-refractivity contribution in [2.75, 3.05) is 0 Å². The highest BCUT2D eigenvalue weighted by atomic mass is 32.1. The molecule has 0 aromatic carbocycles. The predicted molar refractivity (Wildman–Crippen MR) is 68.0 cm³/mol. The second-order valence-corrected chi connectivity index (χ2v) is 6.28. The minimum Gasteiger partial charge on any atom is -0.476 e. The van der Waals surface area contributed by atoms with E-state index in [9.17, 15) is 9.59 Å². The molecule has 18 heavy (non-hydrogen) atoms. The van der Waals surface area contributed by atoms with Gasteiger partial charge in [-0.15, -0.1) is 11.3 Å². The molecule has 0 radical (unpaired) electrons. The van der Waals surface area contributed by atoms with Crippen molar-refractivity contribution in [1.82, 2.24) is 10.3 Å². The van der Waals surface area contributed by atoms with Crippen LogP contribution in [-0.2, 0) is 0 Å². The van der Waals surface area contributed by atoms with Gasteiger partial charge < -0.3 is 10.4 Å². The van der Waals surface area contributed by atoms with E-state index in [1.807, 2.05) is 0 Å². The van der Waals surface area contributed by atoms with Crippen LogP contribution in [0.4, 0.5) is 0 Å². The summed E-state index contributed by atoms with van der Waals surface area (Å²) >= 11 is 1.07. The van der Waals surface area contributed by atoms with Crippen molar-refractivity contribution in [3.63, 3.8) is 0 Å². The molecule has 1 heterocycles. The van der Waals surface area contributed by atoms with Crippen LogP contribution < -0.4 is 5.32 Å². The van der Waals surface area contributed by atoms with Crippen LogP contribution in [-0.4, -0.2) is 28.0 Å². The fourth-order valence-corrected chi connectivity index (χ4v) is 2.98. The van der Waals surface area contributed by atoms with Crippen molar-refractivity contribution >= 4 is 23.2 Å². The molecule has 98 valence electrons. The van der Waals surface area contributed by atoms with Crippen LogP contribution in [0.2, 0.25) is 0 Å². The highest BCUT2D eigenvalue weighted by molar-refractivity contribution is 7.11. The summed E-state index contributed by atoms with van der Waals surface area (Å²) in [6, 6.07) is 0.171. The number of aromatic carboxylic acids is 1. The third-order valence-corrected chi connectivity index (χ3v) is 4.06. The normalized spacial score (nSPS) is 21.8. The standard InChI is InChI=1S/C12H16N2O3S/c1-12(2)4-3-7(5-12)13-9(15)10-14-8(6-18-10)11(16)17/h6-7H,3-5H2,1-2H3,(H,13,15)(H,16,17). The third-order valence-electron chi connectivity index (χ3n) is 3.22. The monoisotopic (exact) mass is 268 g/mol. The third kappa shape index (κ3) is 2.87. The lowest BCUT2D eigenvalue weighted by molar-refractivity contribution is 0.0691. The van der Waals surface area contributed by atoms with Gasteiger partial charge in [-0.2, -0.15) is 0 Å². The highest BCUT2D eigenvalue weighted by Gasteiger charge is 2.32. The average Bonchev–Trinajstić information content (AvgIpc) is 2.85. The summed E-state index contributed by atoms with van der Waals surface area (Å²) in [5.41, 5.74) is 0.199. The van der Waals surface area contributed by atoms with Crippen LogP contribution in [0.1, 0.15) is 53.4 Å². The molecule has 0 saturated heterocycles. The molecule has 0 aliphatic heterocycles. The van der Waals surface area contributed by atoms with E-state index in [1.54, 1.807) is 0 Å². The lowest BCUT2D eigenvalue weighted by Crippen LogP contribution is -2.33. The van der Waals surface area contributed by atoms with Gasteiger partial charge in [-0.3, -0.25) is 4.79 Å². The molecular formula is C12H16N2O3S. The second kappa shape index (κ2) is 4.68. The summed E-state index contributed by atoms with van der Waals surface area (Å²) in [4.78, 5) is 26.4. The molecule has 1 aromatic rings. The number of nitrogens with one attached hydrogen (secondary N) is 1. The number of hydrogen-bond acceptors (Lipinski definition) is 4. The number of amides is 1. The molecule has 0 bridgehead atoms. The SMILES string of the molecule is CC1(C)CCC(NC(=O)c2nc(C(=O)O)cs2)C1. The molecule has 1 aliphatic carbocycles. The Bertz CT molecular complexity index is 481. The van der Waals surface area contributed by atoms with Gasteiger partial charge in [0.05, 0.1) is 0 Å². The molecule has 1 aromatic heterocycles. The number of thiazole rings is 1. The first-order valence-corrected chi connectivity index (χ1v) is 6.75. The van der Waals surface area contributed by atoms with Crippen molar-refractivity contribution < 1.29 is 14.7 Å². The largest absolute Gasteiger partial charge is 0.476 e. The number of nitrogens with zero attached hydrogens (tertiary/aromatic N) is 1. The topological polar surface area (TPSA) is 79.3 Å². The number of carbonyl (C=O) groups is 2. The molecule has 2 rings (SSSR count). The van der Waals surface area contributed by atoms with E-state index in [-0.39, 0.29) is 28.1 Å². The Balaban J connectivity index is 1.97. The summed E-state index contributed by atoms with van der Waals surface area (Å²) in [6.07, 6.45) is 3.02. The maximum absolute atomic E-state index is 11.9. The molecule has 1 aliphatic rings. The van der Waals surface area contributed by atoms with E-state index < -0.39 is 5.97 Å². The zero-order valence-electron chi connectivity index (χ0n) is 10.4. The Morgan fingerprint density at radius 2 is 2.28 bits per heavy atom. The van der Waals surface area contributed by atoms with Gasteiger partial charge in [0.2, 0.25) is 0 Å². The number of carboxylic acids is 1. The van der Waals surface area contributed by atoms with Crippen molar-refractivity contribution in [1.29, 1.82) is 0 Å². The van der Waals surface area contributed by atoms with E-state index >= 15 is 0 Å². The first-order chi connectivity index (χ1) is 8.37. The van der Waals surface area contributed by atoms with Gasteiger partial charge in [0.25, 0.3) is 5.91 Å². The minimum atomic E-state index is -1.10. The van der Waals surface area contributed by atoms with Gasteiger partial charge in [0.1, 0.15) is 0 Å². The second-order valence-electron chi connectivity index (χ2n) is 5.42. The van der Waals surface area contributed by atoms with Crippen molar-refractivity contribution in [2.45, 2.75) is 39.2 Å². The molecule has 1 unspecified atom stereocenters. The summed E-state index contributed by atoms with van der Waals surface area (Å²) in [7, 11) is 0. The number of carboxylic acid groups (broad SMARTS) is 1. The fourth-order valence-electron chi connectivity index (χ4n) is 2.28. The number of aromatic nitrogens is 1. The predicted octanol–water partition coefficient (Wildman–Crippen LogP) is 2.15. The Morgan fingerprint density at radius 3 is 2.78 bits per heavy atom. The molecule has 1 atom stereocenters. The fraction of sp³-hybridized carbons (Fsp3) is 0.583. The van der Waals surface area contributed by atoms with Gasteiger partial charge in [0, 0.05) is 11.4 Å². The maximum atomic E-state index is 11.9. The Morgan fingerprint density at radius 1 is 1.56 bits per heavy atom. The smallest absolute Gasteiger partial charge is 0.355 e. The Hall–Kier alpha value is -1.43. The van der Waals surface area contributed by atoms with Gasteiger partial charge >= 0.3 is 5.97 Å². The molecule has 6 heteroatoms. The molecule has 1 amide bonds. The summed E-state index contributed by atoms with van der Waals surface area (Å²) < 4.78 is 0. The first-order valence-electron chi connectivity index (χ1n) is 5.87. The number of carbonyl (C=O) groups excluding carboxylic acids is 1. The molecule has 0 spiro atoms. The van der Waals surface area contributed by atoms with E-state index in [4.69, 9.17) is 5.11 Å². The zero-order valence-corrected chi connectivity index (χ0v) is 11.2. The number of hydrogen-bond donors (Lipinski definition) is 2. The van der Waals surface area contributed by atoms with Crippen molar-refractivity contribution in [3.05, 3.63) is 16.1 Å². The van der Waals surface area contributed by atoms with E-state index in [0.29, 0.717) is 0 Å². The van der Waals surface area contributed by atoms with Crippen LogP contribution >= 0.6 is 11.3 Å². The van der Waals surface area contributed by atoms with Gasteiger partial charge in [-0.05, 0) is 24.7 Å². The molecular weight excluding hydrogens is 252 g/mol. The first kappa shape index (κ1) is 13.0. The van der Waals surface area contributed by atoms with Crippen LogP contribution in [0.25, 0.3) is 0 Å². The van der Waals surface area contributed by atoms with Crippen LogP contribution in [0.5, 0.6) is 0 Å². The molecule has 1 fully saturated rings. The molecule has 2 N–H and O–H groups in total. The average molecular weight is 268 g/mol. The van der Waals surface area contributed by atoms with Crippen LogP contribution in [0.3, 0.4) is 0 Å². The maximum Gasteiger partial charge on any atom is 0.355 e. The summed E-state index contributed by atoms with van der Waals surface area (Å²) in [5, 5.41) is 13.3. The van der Waals surface area contributed by atoms with E-state index in [2.05, 4.69) is 24.1 Å². The summed E-state index contributed by atoms with van der Waals surface area (Å²) in [5.74, 6) is -1.37. The lowest BCUT2D eigenvalue weighted by atomic mass is 9.92. The summed E-state index contributed by atoms with van der Waals surface area (Å²) in [6.45, 7) is 4.37. The van der Waals surface area contributed by atoms with E-state index in [0.717, 1.165) is 30.6 Å². The Kier molecular flexibility index (Phi) is 3.38. The Labute approximate surface area is 109 Å². The highest BCUT2D eigenvalue weighted by Crippen LogP contribution is 2.36. The van der Waals surface area contributed by atoms with Gasteiger partial charge in [-0.1, -0.05) is 13.8 Å². The molecule has 5 nitrogen and oxygen atoms in total. The molecule has 1 saturated carbocycles. The lowest BCUT2D eigenvalue weighted by Gasteiger charge is -2.17. The van der Waals surface area contributed by atoms with Crippen LogP contribution in [0, 0.1) is 5.41 Å². The van der Waals surface area contributed by atoms with Crippen LogP contribution in [0.15, 0.2) is 5.38 Å². The quantitative estimate of drug-likeness (QED) is 0.880. The van der Waals surface area contributed by atoms with Crippen molar-refractivity contribution in [2.24, 2.45) is 5.41 Å². The van der Waals surface area contributed by atoms with Gasteiger partial charge in [-0.25, -0.2) is 9.78 Å². The van der Waals surface area contributed by atoms with Gasteiger partial charge in [0.15, 0.2) is 10.7 Å². The van der Waals surface area contributed by atoms with Crippen molar-refractivity contribution in [3.8, 4) is 0 Å². The van der Waals surface area contributed by atoms with E-state index in [1.165, 1.54) is 5.38 Å².